The fraction of sp³-hybridized carbons (Fsp3) is 0.235. The number of fused-ring (bicyclic) bond motifs is 5. The highest BCUT2D eigenvalue weighted by Gasteiger charge is 2.44. The lowest BCUT2D eigenvalue weighted by Gasteiger charge is -2.32. The van der Waals surface area contributed by atoms with Crippen molar-refractivity contribution in [1.29, 1.82) is 0 Å². The minimum atomic E-state index is -0.318. The van der Waals surface area contributed by atoms with E-state index in [2.05, 4.69) is 4.99 Å². The third kappa shape index (κ3) is 1.51. The van der Waals surface area contributed by atoms with Crippen molar-refractivity contribution in [2.75, 3.05) is 0 Å². The quantitative estimate of drug-likeness (QED) is 0.810. The molecule has 1 unspecified atom stereocenters. The highest BCUT2D eigenvalue weighted by atomic mass is 16.3. The molecule has 2 atom stereocenters. The Labute approximate surface area is 126 Å². The van der Waals surface area contributed by atoms with Crippen LogP contribution in [-0.4, -0.2) is 33.7 Å². The number of amidine groups is 1. The van der Waals surface area contributed by atoms with Crippen LogP contribution in [0.25, 0.3) is 10.8 Å². The van der Waals surface area contributed by atoms with Crippen molar-refractivity contribution in [3.63, 3.8) is 0 Å². The zero-order valence-corrected chi connectivity index (χ0v) is 12.2. The molecule has 0 aromatic heterocycles. The molecule has 2 heterocycles. The lowest BCUT2D eigenvalue weighted by molar-refractivity contribution is -0.122. The normalized spacial score (nSPS) is 23.5. The topological polar surface area (TPSA) is 70.0 Å². The van der Waals surface area contributed by atoms with E-state index in [4.69, 9.17) is 0 Å². The lowest BCUT2D eigenvalue weighted by Crippen LogP contribution is -2.48. The van der Waals surface area contributed by atoms with Gasteiger partial charge in [-0.1, -0.05) is 19.1 Å². The van der Waals surface area contributed by atoms with E-state index >= 15 is 0 Å². The number of nitrogens with zero attached hydrogens (tertiary/aromatic N) is 2. The average Bonchev–Trinajstić information content (AvgIpc) is 2.78. The van der Waals surface area contributed by atoms with Crippen LogP contribution in [-0.2, 0) is 4.79 Å². The Balaban J connectivity index is 2.08. The van der Waals surface area contributed by atoms with E-state index in [1.165, 1.54) is 0 Å². The fourth-order valence-corrected chi connectivity index (χ4v) is 3.20. The lowest BCUT2D eigenvalue weighted by atomic mass is 9.98. The van der Waals surface area contributed by atoms with Gasteiger partial charge in [0, 0.05) is 11.6 Å². The molecule has 1 N–H and O–H groups in total. The third-order valence-corrected chi connectivity index (χ3v) is 4.64. The average molecular weight is 294 g/mol. The number of amides is 2. The number of phenolic OH excluding ortho intramolecular Hbond substituents is 1. The van der Waals surface area contributed by atoms with Gasteiger partial charge in [0.2, 0.25) is 0 Å². The van der Waals surface area contributed by atoms with E-state index in [9.17, 15) is 14.7 Å². The Kier molecular flexibility index (Phi) is 2.46. The van der Waals surface area contributed by atoms with Gasteiger partial charge in [-0.3, -0.25) is 14.5 Å². The first-order chi connectivity index (χ1) is 10.5. The third-order valence-electron chi connectivity index (χ3n) is 4.64. The van der Waals surface area contributed by atoms with Crippen LogP contribution in [0.1, 0.15) is 29.8 Å². The summed E-state index contributed by atoms with van der Waals surface area (Å²) in [5, 5.41) is 11.4. The van der Waals surface area contributed by atoms with Crippen LogP contribution >= 0.6 is 0 Å². The summed E-state index contributed by atoms with van der Waals surface area (Å²) < 4.78 is 0. The molecule has 0 radical (unpaired) electrons. The molecule has 0 bridgehead atoms. The highest BCUT2D eigenvalue weighted by molar-refractivity contribution is 6.30. The standard InChI is InChI=1S/C17H14N2O3/c1-8-9(2)19-15(18-16(8)21)14-12(17(19)22)6-4-10-3-5-11(20)7-13(10)14/h3-9,20H,1-2H3/t8?,9-/m0/s1. The van der Waals surface area contributed by atoms with Crippen molar-refractivity contribution in [3.05, 3.63) is 41.5 Å². The van der Waals surface area contributed by atoms with E-state index < -0.39 is 0 Å². The Hall–Kier alpha value is -2.69. The Morgan fingerprint density at radius 3 is 2.64 bits per heavy atom. The summed E-state index contributed by atoms with van der Waals surface area (Å²) in [5.41, 5.74) is 1.18. The number of hydrogen-bond acceptors (Lipinski definition) is 3. The van der Waals surface area contributed by atoms with Gasteiger partial charge in [0.05, 0.1) is 11.5 Å². The molecule has 110 valence electrons. The molecule has 5 heteroatoms. The largest absolute Gasteiger partial charge is 0.508 e. The maximum absolute atomic E-state index is 12.7. The summed E-state index contributed by atoms with van der Waals surface area (Å²) in [4.78, 5) is 30.5. The SMILES string of the molecule is CC1C(=O)N=C2c3c(ccc4ccc(O)cc34)C(=O)N2[C@H]1C. The first kappa shape index (κ1) is 13.0. The van der Waals surface area contributed by atoms with Crippen LogP contribution in [0, 0.1) is 5.92 Å². The predicted octanol–water partition coefficient (Wildman–Crippen LogP) is 2.31. The minimum Gasteiger partial charge on any atom is -0.508 e. The monoisotopic (exact) mass is 294 g/mol. The van der Waals surface area contributed by atoms with Crippen LogP contribution in [0.3, 0.4) is 0 Å². The summed E-state index contributed by atoms with van der Waals surface area (Å²) in [6, 6.07) is 8.38. The van der Waals surface area contributed by atoms with Crippen molar-refractivity contribution >= 4 is 28.4 Å². The van der Waals surface area contributed by atoms with E-state index in [1.54, 1.807) is 36.1 Å². The van der Waals surface area contributed by atoms with Gasteiger partial charge in [-0.2, -0.15) is 4.99 Å². The molecule has 4 rings (SSSR count). The number of rotatable bonds is 0. The maximum Gasteiger partial charge on any atom is 0.260 e. The molecule has 2 aromatic rings. The second-order valence-corrected chi connectivity index (χ2v) is 5.87. The molecule has 2 amide bonds. The van der Waals surface area contributed by atoms with Gasteiger partial charge in [0.15, 0.2) is 0 Å². The van der Waals surface area contributed by atoms with Crippen LogP contribution in [0.5, 0.6) is 5.75 Å². The summed E-state index contributed by atoms with van der Waals surface area (Å²) in [6.07, 6.45) is 0. The molecule has 0 saturated carbocycles. The van der Waals surface area contributed by atoms with Crippen LogP contribution in [0.4, 0.5) is 0 Å². The first-order valence-corrected chi connectivity index (χ1v) is 7.21. The molecule has 22 heavy (non-hydrogen) atoms. The molecule has 0 spiro atoms. The van der Waals surface area contributed by atoms with Gasteiger partial charge < -0.3 is 5.11 Å². The van der Waals surface area contributed by atoms with Crippen LogP contribution in [0.15, 0.2) is 35.3 Å². The van der Waals surface area contributed by atoms with Crippen molar-refractivity contribution in [1.82, 2.24) is 4.90 Å². The smallest absolute Gasteiger partial charge is 0.260 e. The summed E-state index contributed by atoms with van der Waals surface area (Å²) in [7, 11) is 0. The predicted molar refractivity (Wildman–Crippen MR) is 82.0 cm³/mol. The zero-order chi connectivity index (χ0) is 15.6. The van der Waals surface area contributed by atoms with Crippen LogP contribution < -0.4 is 0 Å². The first-order valence-electron chi connectivity index (χ1n) is 7.21. The summed E-state index contributed by atoms with van der Waals surface area (Å²) in [6.45, 7) is 3.65. The van der Waals surface area contributed by atoms with E-state index in [1.807, 2.05) is 13.0 Å². The minimum absolute atomic E-state index is 0.121. The molecule has 0 fully saturated rings. The number of benzene rings is 2. The van der Waals surface area contributed by atoms with Gasteiger partial charge in [0.1, 0.15) is 11.6 Å². The molecule has 2 aromatic carbocycles. The van der Waals surface area contributed by atoms with Gasteiger partial charge >= 0.3 is 0 Å². The van der Waals surface area contributed by atoms with E-state index in [0.717, 1.165) is 10.8 Å². The van der Waals surface area contributed by atoms with Crippen LogP contribution in [0.2, 0.25) is 0 Å². The van der Waals surface area contributed by atoms with E-state index in [0.29, 0.717) is 17.0 Å². The molecule has 0 aliphatic carbocycles. The molecule has 0 saturated heterocycles. The van der Waals surface area contributed by atoms with Gasteiger partial charge in [-0.15, -0.1) is 0 Å². The number of carbonyl (C=O) groups is 2. The molecule has 2 aliphatic rings. The van der Waals surface area contributed by atoms with Crippen molar-refractivity contribution in [2.24, 2.45) is 10.9 Å². The molecular weight excluding hydrogens is 280 g/mol. The van der Waals surface area contributed by atoms with E-state index in [-0.39, 0.29) is 29.5 Å². The van der Waals surface area contributed by atoms with Gasteiger partial charge in [-0.05, 0) is 35.9 Å². The number of hydrogen-bond donors (Lipinski definition) is 1. The molecular formula is C17H14N2O3. The van der Waals surface area contributed by atoms with Crippen molar-refractivity contribution < 1.29 is 14.7 Å². The Morgan fingerprint density at radius 1 is 1.14 bits per heavy atom. The summed E-state index contributed by atoms with van der Waals surface area (Å²) in [5.74, 6) is -0.133. The van der Waals surface area contributed by atoms with Gasteiger partial charge in [-0.25, -0.2) is 0 Å². The second-order valence-electron chi connectivity index (χ2n) is 5.87. The Morgan fingerprint density at radius 2 is 1.86 bits per heavy atom. The maximum atomic E-state index is 12.7. The van der Waals surface area contributed by atoms with Crippen molar-refractivity contribution in [3.8, 4) is 5.75 Å². The highest BCUT2D eigenvalue weighted by Crippen LogP contribution is 2.36. The van der Waals surface area contributed by atoms with Gasteiger partial charge in [0.25, 0.3) is 11.8 Å². The fourth-order valence-electron chi connectivity index (χ4n) is 3.20. The number of aromatic hydroxyl groups is 1. The number of carbonyl (C=O) groups excluding carboxylic acids is 2. The second kappa shape index (κ2) is 4.16. The number of aliphatic imine (C=N–C) groups is 1. The Bertz CT molecular complexity index is 885. The molecule has 5 nitrogen and oxygen atoms in total. The summed E-state index contributed by atoms with van der Waals surface area (Å²) >= 11 is 0. The number of phenols is 1. The molecule has 2 aliphatic heterocycles. The zero-order valence-electron chi connectivity index (χ0n) is 12.2. The van der Waals surface area contributed by atoms with Crippen molar-refractivity contribution in [2.45, 2.75) is 19.9 Å².